The van der Waals surface area contributed by atoms with Crippen LogP contribution in [0.5, 0.6) is 0 Å². The number of esters is 1. The number of carbonyl (C=O) groups excluding carboxylic acids is 1. The predicted octanol–water partition coefficient (Wildman–Crippen LogP) is -4.28. The number of hydrogen-bond acceptors (Lipinski definition) is 8. The summed E-state index contributed by atoms with van der Waals surface area (Å²) in [5, 5.41) is 0. The molecule has 0 bridgehead atoms. The standard InChI is InChI=1S/C10H16O8S.Na/c1-2-10(11)18-8-7-16-4-3-15-5-6-17-9-19(12,13)14;/h1H,3-9H2,(H,12,13,14);/q;+1/p-1. The molecule has 0 aliphatic heterocycles. The van der Waals surface area contributed by atoms with Gasteiger partial charge in [-0.25, -0.2) is 13.2 Å². The number of hydrogen-bond donors (Lipinski definition) is 0. The Morgan fingerprint density at radius 1 is 1.00 bits per heavy atom. The zero-order chi connectivity index (χ0) is 14.6. The first-order valence-electron chi connectivity index (χ1n) is 5.26. The summed E-state index contributed by atoms with van der Waals surface area (Å²) >= 11 is 0. The van der Waals surface area contributed by atoms with Crippen molar-refractivity contribution in [3.8, 4) is 12.3 Å². The van der Waals surface area contributed by atoms with Crippen LogP contribution in [0.2, 0.25) is 0 Å². The van der Waals surface area contributed by atoms with Crippen LogP contribution in [-0.4, -0.2) is 64.5 Å². The van der Waals surface area contributed by atoms with Crippen molar-refractivity contribution in [2.45, 2.75) is 0 Å². The number of terminal acetylenes is 1. The van der Waals surface area contributed by atoms with Crippen molar-refractivity contribution >= 4 is 16.1 Å². The quantitative estimate of drug-likeness (QED) is 0.0940. The Hall–Kier alpha value is -0.180. The molecule has 0 radical (unpaired) electrons. The normalized spacial score (nSPS) is 10.4. The molecule has 110 valence electrons. The molecule has 0 amide bonds. The summed E-state index contributed by atoms with van der Waals surface area (Å²) in [6, 6.07) is 0. The van der Waals surface area contributed by atoms with Crippen LogP contribution in [0.4, 0.5) is 0 Å². The maximum absolute atomic E-state index is 10.5. The largest absolute Gasteiger partial charge is 1.00 e. The third kappa shape index (κ3) is 17.8. The molecule has 0 aromatic rings. The molecule has 0 aromatic heterocycles. The average molecular weight is 318 g/mol. The minimum absolute atomic E-state index is 0. The monoisotopic (exact) mass is 318 g/mol. The second-order valence-corrected chi connectivity index (χ2v) is 4.44. The van der Waals surface area contributed by atoms with Gasteiger partial charge in [-0.1, -0.05) is 0 Å². The van der Waals surface area contributed by atoms with Crippen LogP contribution in [0.3, 0.4) is 0 Å². The van der Waals surface area contributed by atoms with E-state index in [2.05, 4.69) is 9.47 Å². The van der Waals surface area contributed by atoms with Crippen LogP contribution in [0.15, 0.2) is 0 Å². The molecule has 0 unspecified atom stereocenters. The molecule has 8 nitrogen and oxygen atoms in total. The van der Waals surface area contributed by atoms with Gasteiger partial charge in [0.1, 0.15) is 22.7 Å². The van der Waals surface area contributed by atoms with E-state index in [1.54, 1.807) is 5.92 Å². The minimum Gasteiger partial charge on any atom is -0.746 e. The van der Waals surface area contributed by atoms with Crippen molar-refractivity contribution in [1.82, 2.24) is 0 Å². The number of carbonyl (C=O) groups is 1. The molecule has 0 N–H and O–H groups in total. The Labute approximate surface area is 140 Å². The Bertz CT molecular complexity index is 389. The minimum atomic E-state index is -4.35. The fraction of sp³-hybridized carbons (Fsp3) is 0.700. The fourth-order valence-electron chi connectivity index (χ4n) is 0.836. The second-order valence-electron chi connectivity index (χ2n) is 3.09. The van der Waals surface area contributed by atoms with E-state index in [-0.39, 0.29) is 69.2 Å². The van der Waals surface area contributed by atoms with Crippen molar-refractivity contribution in [2.75, 3.05) is 45.6 Å². The molecule has 0 aromatic carbocycles. The summed E-state index contributed by atoms with van der Waals surface area (Å²) in [5.41, 5.74) is 0. The fourth-order valence-corrected chi connectivity index (χ4v) is 1.16. The van der Waals surface area contributed by atoms with Gasteiger partial charge in [0, 0.05) is 5.92 Å². The maximum Gasteiger partial charge on any atom is 1.00 e. The van der Waals surface area contributed by atoms with Crippen LogP contribution in [-0.2, 0) is 33.9 Å². The summed E-state index contributed by atoms with van der Waals surface area (Å²) in [6.45, 7) is 0.936. The van der Waals surface area contributed by atoms with Crippen molar-refractivity contribution in [3.05, 3.63) is 0 Å². The van der Waals surface area contributed by atoms with Gasteiger partial charge in [-0.05, 0) is 0 Å². The summed E-state index contributed by atoms with van der Waals surface area (Å²) < 4.78 is 49.6. The summed E-state index contributed by atoms with van der Waals surface area (Å²) in [4.78, 5) is 10.5. The predicted molar refractivity (Wildman–Crippen MR) is 61.9 cm³/mol. The first kappa shape index (κ1) is 22.1. The molecule has 0 saturated heterocycles. The summed E-state index contributed by atoms with van der Waals surface area (Å²) in [6.07, 6.45) is 4.76. The van der Waals surface area contributed by atoms with Crippen LogP contribution >= 0.6 is 0 Å². The third-order valence-electron chi connectivity index (χ3n) is 1.55. The van der Waals surface area contributed by atoms with Gasteiger partial charge in [-0.15, -0.1) is 6.42 Å². The number of ether oxygens (including phenoxy) is 4. The molecule has 10 heteroatoms. The van der Waals surface area contributed by atoms with E-state index in [9.17, 15) is 17.8 Å². The first-order chi connectivity index (χ1) is 8.95. The van der Waals surface area contributed by atoms with E-state index in [0.29, 0.717) is 0 Å². The van der Waals surface area contributed by atoms with Crippen LogP contribution in [0, 0.1) is 12.3 Å². The van der Waals surface area contributed by atoms with Gasteiger partial charge in [0.25, 0.3) is 0 Å². The Kier molecular flexibility index (Phi) is 15.2. The zero-order valence-corrected chi connectivity index (χ0v) is 14.0. The van der Waals surface area contributed by atoms with Crippen molar-refractivity contribution in [1.29, 1.82) is 0 Å². The molecule has 0 spiro atoms. The van der Waals surface area contributed by atoms with Gasteiger partial charge < -0.3 is 23.5 Å². The molecule has 0 rings (SSSR count). The molecular formula is C10H15NaO8S. The zero-order valence-electron chi connectivity index (χ0n) is 11.2. The van der Waals surface area contributed by atoms with E-state index in [1.165, 1.54) is 0 Å². The van der Waals surface area contributed by atoms with Crippen molar-refractivity contribution < 1.29 is 66.3 Å². The SMILES string of the molecule is C#CC(=O)OCCOCCOCCOCS(=O)(=O)[O-].[Na+]. The van der Waals surface area contributed by atoms with E-state index < -0.39 is 22.0 Å². The molecule has 20 heavy (non-hydrogen) atoms. The van der Waals surface area contributed by atoms with Gasteiger partial charge in [-0.2, -0.15) is 0 Å². The average Bonchev–Trinajstić information content (AvgIpc) is 2.34. The van der Waals surface area contributed by atoms with Gasteiger partial charge in [0.05, 0.1) is 33.0 Å². The van der Waals surface area contributed by atoms with Crippen LogP contribution in [0.1, 0.15) is 0 Å². The van der Waals surface area contributed by atoms with Crippen LogP contribution in [0.25, 0.3) is 0 Å². The Morgan fingerprint density at radius 2 is 1.45 bits per heavy atom. The van der Waals surface area contributed by atoms with Crippen molar-refractivity contribution in [3.63, 3.8) is 0 Å². The molecule has 0 heterocycles. The van der Waals surface area contributed by atoms with Gasteiger partial charge in [0.2, 0.25) is 0 Å². The molecule has 0 fully saturated rings. The number of rotatable bonds is 11. The molecule has 0 aliphatic carbocycles. The molecule has 0 saturated carbocycles. The Morgan fingerprint density at radius 3 is 1.90 bits per heavy atom. The molecule has 0 atom stereocenters. The topological polar surface area (TPSA) is 111 Å². The maximum atomic E-state index is 10.5. The van der Waals surface area contributed by atoms with Gasteiger partial charge in [0.15, 0.2) is 0 Å². The third-order valence-corrected chi connectivity index (χ3v) is 2.01. The first-order valence-corrected chi connectivity index (χ1v) is 6.83. The van der Waals surface area contributed by atoms with Gasteiger partial charge >= 0.3 is 35.5 Å². The van der Waals surface area contributed by atoms with Crippen LogP contribution < -0.4 is 29.6 Å². The van der Waals surface area contributed by atoms with E-state index in [0.717, 1.165) is 0 Å². The molecule has 0 aliphatic rings. The Balaban J connectivity index is 0. The summed E-state index contributed by atoms with van der Waals surface area (Å²) in [5.74, 6) is 0.173. The van der Waals surface area contributed by atoms with Gasteiger partial charge in [-0.3, -0.25) is 0 Å². The smallest absolute Gasteiger partial charge is 0.746 e. The van der Waals surface area contributed by atoms with E-state index in [1.807, 2.05) is 0 Å². The summed E-state index contributed by atoms with van der Waals surface area (Å²) in [7, 11) is -4.35. The van der Waals surface area contributed by atoms with E-state index >= 15 is 0 Å². The van der Waals surface area contributed by atoms with Crippen molar-refractivity contribution in [2.24, 2.45) is 0 Å². The van der Waals surface area contributed by atoms with E-state index in [4.69, 9.17) is 15.9 Å². The second kappa shape index (κ2) is 13.8. The molecular weight excluding hydrogens is 303 g/mol.